The quantitative estimate of drug-likeness (QED) is 0.748. The number of phenolic OH excluding ortho intramolecular Hbond substituents is 1. The van der Waals surface area contributed by atoms with Crippen molar-refractivity contribution in [2.24, 2.45) is 0 Å². The largest absolute Gasteiger partial charge is 0.506 e. The van der Waals surface area contributed by atoms with Crippen LogP contribution in [0.3, 0.4) is 0 Å². The van der Waals surface area contributed by atoms with E-state index in [1.807, 2.05) is 12.1 Å². The Morgan fingerprint density at radius 2 is 1.95 bits per heavy atom. The van der Waals surface area contributed by atoms with Crippen molar-refractivity contribution in [2.45, 2.75) is 45.4 Å². The first-order valence-electron chi connectivity index (χ1n) is 7.59. The van der Waals surface area contributed by atoms with Crippen molar-refractivity contribution in [3.63, 3.8) is 0 Å². The van der Waals surface area contributed by atoms with Crippen molar-refractivity contribution in [3.05, 3.63) is 30.3 Å². The third-order valence-corrected chi connectivity index (χ3v) is 3.47. The topological polar surface area (TPSA) is 62.2 Å². The van der Waals surface area contributed by atoms with E-state index in [1.54, 1.807) is 18.2 Å². The number of benzene rings is 1. The van der Waals surface area contributed by atoms with Crippen LogP contribution < -0.4 is 5.32 Å². The lowest BCUT2D eigenvalue weighted by Gasteiger charge is -2.06. The summed E-state index contributed by atoms with van der Waals surface area (Å²) in [7, 11) is 0. The molecule has 4 heteroatoms. The smallest absolute Gasteiger partial charge is 0.225 e. The number of aromatic hydroxyl groups is 1. The summed E-state index contributed by atoms with van der Waals surface area (Å²) in [5, 5.41) is 13.4. The first-order valence-corrected chi connectivity index (χ1v) is 7.59. The Balaban J connectivity index is 1.90. The van der Waals surface area contributed by atoms with Crippen molar-refractivity contribution in [3.8, 4) is 5.75 Å². The number of fused-ring (bicyclic) bond motifs is 1. The molecule has 21 heavy (non-hydrogen) atoms. The fourth-order valence-corrected chi connectivity index (χ4v) is 2.30. The number of rotatable bonds is 7. The van der Waals surface area contributed by atoms with Crippen molar-refractivity contribution in [2.75, 3.05) is 5.32 Å². The third kappa shape index (κ3) is 4.45. The van der Waals surface area contributed by atoms with Gasteiger partial charge >= 0.3 is 0 Å². The maximum absolute atomic E-state index is 11.9. The molecule has 1 aromatic carbocycles. The number of carbonyl (C=O) groups excluding carboxylic acids is 1. The maximum Gasteiger partial charge on any atom is 0.225 e. The molecular weight excluding hydrogens is 264 g/mol. The van der Waals surface area contributed by atoms with Crippen LogP contribution in [0.5, 0.6) is 5.75 Å². The van der Waals surface area contributed by atoms with E-state index in [4.69, 9.17) is 0 Å². The van der Waals surface area contributed by atoms with Gasteiger partial charge in [0.1, 0.15) is 17.1 Å². The molecule has 0 aliphatic heterocycles. The van der Waals surface area contributed by atoms with E-state index in [0.717, 1.165) is 18.2 Å². The molecule has 0 aliphatic carbocycles. The van der Waals surface area contributed by atoms with Gasteiger partial charge in [0.25, 0.3) is 0 Å². The minimum atomic E-state index is -0.0197. The van der Waals surface area contributed by atoms with Gasteiger partial charge in [-0.05, 0) is 24.6 Å². The lowest BCUT2D eigenvalue weighted by Crippen LogP contribution is -2.12. The number of nitrogens with one attached hydrogen (secondary N) is 1. The van der Waals surface area contributed by atoms with Gasteiger partial charge in [-0.15, -0.1) is 0 Å². The second kappa shape index (κ2) is 7.62. The van der Waals surface area contributed by atoms with Gasteiger partial charge in [-0.1, -0.05) is 44.7 Å². The standard InChI is InChI=1S/C17H22N2O2/c1-2-3-4-5-6-10-16(21)18-15-12-11-13-8-7-9-14(20)17(13)19-15/h7-9,11-12,20H,2-6,10H2,1H3,(H,18,19,21). The molecule has 2 N–H and O–H groups in total. The summed E-state index contributed by atoms with van der Waals surface area (Å²) in [4.78, 5) is 16.1. The lowest BCUT2D eigenvalue weighted by atomic mass is 10.1. The minimum Gasteiger partial charge on any atom is -0.506 e. The number of hydrogen-bond donors (Lipinski definition) is 2. The summed E-state index contributed by atoms with van der Waals surface area (Å²) in [6.07, 6.45) is 6.14. The zero-order valence-electron chi connectivity index (χ0n) is 12.4. The molecule has 112 valence electrons. The molecule has 1 amide bonds. The minimum absolute atomic E-state index is 0.0197. The number of hydrogen-bond acceptors (Lipinski definition) is 3. The first-order chi connectivity index (χ1) is 10.2. The molecule has 0 saturated heterocycles. The van der Waals surface area contributed by atoms with E-state index in [-0.39, 0.29) is 11.7 Å². The molecule has 0 atom stereocenters. The Morgan fingerprint density at radius 3 is 2.76 bits per heavy atom. The van der Waals surface area contributed by atoms with E-state index in [1.165, 1.54) is 19.3 Å². The molecule has 0 saturated carbocycles. The van der Waals surface area contributed by atoms with Crippen LogP contribution in [0.4, 0.5) is 5.82 Å². The molecular formula is C17H22N2O2. The Kier molecular flexibility index (Phi) is 5.55. The molecule has 2 rings (SSSR count). The number of para-hydroxylation sites is 1. The van der Waals surface area contributed by atoms with E-state index in [2.05, 4.69) is 17.2 Å². The number of pyridine rings is 1. The van der Waals surface area contributed by atoms with Crippen molar-refractivity contribution >= 4 is 22.6 Å². The van der Waals surface area contributed by atoms with Gasteiger partial charge in [-0.25, -0.2) is 4.98 Å². The number of phenols is 1. The summed E-state index contributed by atoms with van der Waals surface area (Å²) in [5.41, 5.74) is 0.512. The monoisotopic (exact) mass is 286 g/mol. The van der Waals surface area contributed by atoms with Crippen molar-refractivity contribution in [1.29, 1.82) is 0 Å². The number of nitrogens with zero attached hydrogens (tertiary/aromatic N) is 1. The van der Waals surface area contributed by atoms with Crippen molar-refractivity contribution < 1.29 is 9.90 Å². The molecule has 1 aromatic heterocycles. The van der Waals surface area contributed by atoms with Crippen LogP contribution in [0.1, 0.15) is 45.4 Å². The van der Waals surface area contributed by atoms with Crippen LogP contribution in [0, 0.1) is 0 Å². The van der Waals surface area contributed by atoms with Gasteiger partial charge in [-0.3, -0.25) is 4.79 Å². The first kappa shape index (κ1) is 15.3. The fraction of sp³-hybridized carbons (Fsp3) is 0.412. The predicted molar refractivity (Wildman–Crippen MR) is 85.4 cm³/mol. The van der Waals surface area contributed by atoms with Gasteiger partial charge in [-0.2, -0.15) is 0 Å². The van der Waals surface area contributed by atoms with Gasteiger partial charge in [0.05, 0.1) is 0 Å². The number of unbranched alkanes of at least 4 members (excludes halogenated alkanes) is 4. The average molecular weight is 286 g/mol. The van der Waals surface area contributed by atoms with Crippen LogP contribution in [-0.4, -0.2) is 16.0 Å². The van der Waals surface area contributed by atoms with E-state index >= 15 is 0 Å². The summed E-state index contributed by atoms with van der Waals surface area (Å²) in [6, 6.07) is 8.85. The van der Waals surface area contributed by atoms with Crippen LogP contribution in [-0.2, 0) is 4.79 Å². The third-order valence-electron chi connectivity index (χ3n) is 3.47. The van der Waals surface area contributed by atoms with Gasteiger partial charge < -0.3 is 10.4 Å². The second-order valence-electron chi connectivity index (χ2n) is 5.26. The average Bonchev–Trinajstić information content (AvgIpc) is 2.48. The van der Waals surface area contributed by atoms with Gasteiger partial charge in [0.15, 0.2) is 0 Å². The number of amides is 1. The normalized spacial score (nSPS) is 10.7. The van der Waals surface area contributed by atoms with Crippen LogP contribution in [0.2, 0.25) is 0 Å². The van der Waals surface area contributed by atoms with Gasteiger partial charge in [0.2, 0.25) is 5.91 Å². The molecule has 0 unspecified atom stereocenters. The highest BCUT2D eigenvalue weighted by Gasteiger charge is 2.06. The molecule has 0 fully saturated rings. The molecule has 0 spiro atoms. The highest BCUT2D eigenvalue weighted by Crippen LogP contribution is 2.23. The Morgan fingerprint density at radius 1 is 1.14 bits per heavy atom. The highest BCUT2D eigenvalue weighted by molar-refractivity contribution is 5.92. The predicted octanol–water partition coefficient (Wildman–Crippen LogP) is 4.24. The second-order valence-corrected chi connectivity index (χ2v) is 5.26. The molecule has 4 nitrogen and oxygen atoms in total. The highest BCUT2D eigenvalue weighted by atomic mass is 16.3. The zero-order chi connectivity index (χ0) is 15.1. The number of aromatic nitrogens is 1. The molecule has 1 heterocycles. The number of anilines is 1. The molecule has 0 radical (unpaired) electrons. The molecule has 2 aromatic rings. The lowest BCUT2D eigenvalue weighted by molar-refractivity contribution is -0.116. The van der Waals surface area contributed by atoms with E-state index < -0.39 is 0 Å². The maximum atomic E-state index is 11.9. The van der Waals surface area contributed by atoms with Crippen LogP contribution >= 0.6 is 0 Å². The van der Waals surface area contributed by atoms with E-state index in [0.29, 0.717) is 17.8 Å². The molecule has 0 aliphatic rings. The summed E-state index contributed by atoms with van der Waals surface area (Å²) in [6.45, 7) is 2.17. The Labute approximate surface area is 125 Å². The Bertz CT molecular complexity index is 611. The summed E-state index contributed by atoms with van der Waals surface area (Å²) >= 11 is 0. The Hall–Kier alpha value is -2.10. The van der Waals surface area contributed by atoms with Crippen LogP contribution in [0.15, 0.2) is 30.3 Å². The van der Waals surface area contributed by atoms with Gasteiger partial charge in [0, 0.05) is 11.8 Å². The molecule has 0 bridgehead atoms. The SMILES string of the molecule is CCCCCCCC(=O)Nc1ccc2cccc(O)c2n1. The fourth-order valence-electron chi connectivity index (χ4n) is 2.30. The van der Waals surface area contributed by atoms with E-state index in [9.17, 15) is 9.90 Å². The summed E-state index contributed by atoms with van der Waals surface area (Å²) in [5.74, 6) is 0.597. The van der Waals surface area contributed by atoms with Crippen LogP contribution in [0.25, 0.3) is 10.9 Å². The van der Waals surface area contributed by atoms with Crippen molar-refractivity contribution in [1.82, 2.24) is 4.98 Å². The summed E-state index contributed by atoms with van der Waals surface area (Å²) < 4.78 is 0. The number of carbonyl (C=O) groups is 1. The zero-order valence-corrected chi connectivity index (χ0v) is 12.4.